The molecule has 0 N–H and O–H groups in total. The number of halogens is 1. The monoisotopic (exact) mass is 464 g/mol. The van der Waals surface area contributed by atoms with E-state index < -0.39 is 0 Å². The minimum Gasteiger partial charge on any atom is -0.455 e. The van der Waals surface area contributed by atoms with Crippen LogP contribution >= 0.6 is 28.7 Å². The third kappa shape index (κ3) is 3.12. The second kappa shape index (κ2) is 7.31. The average Bonchev–Trinajstić information content (AvgIpc) is 3.06. The maximum Gasteiger partial charge on any atom is 0.142 e. The Morgan fingerprint density at radius 3 is 2.79 bits per heavy atom. The zero-order chi connectivity index (χ0) is 18.6. The van der Waals surface area contributed by atoms with Crippen molar-refractivity contribution in [1.82, 2.24) is 9.88 Å². The Balaban J connectivity index is 0.00000181. The van der Waals surface area contributed by atoms with Gasteiger partial charge in [0, 0.05) is 30.3 Å². The molecule has 0 radical (unpaired) electrons. The third-order valence-electron chi connectivity index (χ3n) is 6.05. The number of pyridine rings is 1. The van der Waals surface area contributed by atoms with E-state index in [9.17, 15) is 0 Å². The zero-order valence-electron chi connectivity index (χ0n) is 15.9. The van der Waals surface area contributed by atoms with Crippen molar-refractivity contribution in [2.24, 2.45) is 0 Å². The van der Waals surface area contributed by atoms with Crippen LogP contribution in [0.1, 0.15) is 12.0 Å². The summed E-state index contributed by atoms with van der Waals surface area (Å²) in [6, 6.07) is 18.9. The first kappa shape index (κ1) is 18.9. The molecule has 2 atom stereocenters. The number of para-hydroxylation sites is 1. The highest BCUT2D eigenvalue weighted by Gasteiger charge is 2.39. The molecular formula is C24H21BrN2OS. The van der Waals surface area contributed by atoms with Gasteiger partial charge in [-0.15, -0.1) is 17.0 Å². The number of benzene rings is 2. The molecule has 1 aromatic heterocycles. The average molecular weight is 465 g/mol. The van der Waals surface area contributed by atoms with Crippen molar-refractivity contribution >= 4 is 28.7 Å². The lowest BCUT2D eigenvalue weighted by Crippen LogP contribution is -2.33. The SMILES string of the molecule is Br.C1=CC2(c3ccc(-c4cccc5c4Sc4ccccc4O5)nc3)CCN(C1)C2. The second-order valence-electron chi connectivity index (χ2n) is 7.76. The number of nitrogens with zero attached hydrogens (tertiary/aromatic N) is 2. The van der Waals surface area contributed by atoms with Gasteiger partial charge in [0.2, 0.25) is 0 Å². The summed E-state index contributed by atoms with van der Waals surface area (Å²) in [5.41, 5.74) is 3.61. The molecule has 0 spiro atoms. The highest BCUT2D eigenvalue weighted by molar-refractivity contribution is 8.93. The molecule has 3 nitrogen and oxygen atoms in total. The summed E-state index contributed by atoms with van der Waals surface area (Å²) in [7, 11) is 0. The standard InChI is InChI=1S/C24H20N2OS.BrH/c1-2-8-22-20(6-1)27-21-7-3-5-18(23(21)28-22)19-10-9-17(15-25-19)24-11-4-13-26(16-24)14-12-24;/h1-11,15H,12-14,16H2;1H. The predicted octanol–water partition coefficient (Wildman–Crippen LogP) is 6.10. The number of aromatic nitrogens is 1. The molecule has 29 heavy (non-hydrogen) atoms. The fraction of sp³-hybridized carbons (Fsp3) is 0.208. The van der Waals surface area contributed by atoms with Gasteiger partial charge in [0.25, 0.3) is 0 Å². The van der Waals surface area contributed by atoms with Gasteiger partial charge < -0.3 is 4.74 Å². The van der Waals surface area contributed by atoms with Gasteiger partial charge in [-0.2, -0.15) is 0 Å². The van der Waals surface area contributed by atoms with Crippen molar-refractivity contribution in [3.8, 4) is 22.8 Å². The maximum absolute atomic E-state index is 6.13. The van der Waals surface area contributed by atoms with Gasteiger partial charge in [0.05, 0.1) is 15.5 Å². The Morgan fingerprint density at radius 2 is 1.90 bits per heavy atom. The van der Waals surface area contributed by atoms with Gasteiger partial charge in [-0.1, -0.05) is 54.2 Å². The summed E-state index contributed by atoms with van der Waals surface area (Å²) in [4.78, 5) is 9.69. The van der Waals surface area contributed by atoms with Crippen molar-refractivity contribution in [2.45, 2.75) is 21.6 Å². The van der Waals surface area contributed by atoms with Gasteiger partial charge in [-0.25, -0.2) is 0 Å². The molecule has 2 aromatic carbocycles. The van der Waals surface area contributed by atoms with Crippen LogP contribution in [0.25, 0.3) is 11.3 Å². The molecule has 0 amide bonds. The van der Waals surface area contributed by atoms with E-state index in [2.05, 4.69) is 59.6 Å². The molecule has 2 bridgehead atoms. The van der Waals surface area contributed by atoms with Crippen molar-refractivity contribution in [3.05, 3.63) is 78.5 Å². The molecule has 0 saturated carbocycles. The van der Waals surface area contributed by atoms with Crippen LogP contribution in [0, 0.1) is 0 Å². The van der Waals surface area contributed by atoms with E-state index in [0.29, 0.717) is 0 Å². The quantitative estimate of drug-likeness (QED) is 0.334. The molecule has 3 aliphatic rings. The van der Waals surface area contributed by atoms with Crippen LogP contribution in [0.4, 0.5) is 0 Å². The topological polar surface area (TPSA) is 25.4 Å². The van der Waals surface area contributed by atoms with Crippen molar-refractivity contribution in [1.29, 1.82) is 0 Å². The van der Waals surface area contributed by atoms with Crippen LogP contribution in [-0.4, -0.2) is 29.5 Å². The Kier molecular flexibility index (Phi) is 4.77. The lowest BCUT2D eigenvalue weighted by atomic mass is 9.79. The van der Waals surface area contributed by atoms with Crippen LogP contribution in [0.2, 0.25) is 0 Å². The molecule has 3 aliphatic heterocycles. The highest BCUT2D eigenvalue weighted by atomic mass is 79.9. The Morgan fingerprint density at radius 1 is 1.00 bits per heavy atom. The largest absolute Gasteiger partial charge is 0.455 e. The molecule has 3 aromatic rings. The van der Waals surface area contributed by atoms with E-state index in [4.69, 9.17) is 9.72 Å². The van der Waals surface area contributed by atoms with E-state index in [0.717, 1.165) is 45.6 Å². The van der Waals surface area contributed by atoms with Crippen molar-refractivity contribution in [3.63, 3.8) is 0 Å². The molecule has 2 unspecified atom stereocenters. The first-order chi connectivity index (χ1) is 13.8. The normalized spacial score (nSPS) is 23.5. The molecule has 6 rings (SSSR count). The molecule has 146 valence electrons. The Hall–Kier alpha value is -2.08. The molecule has 1 saturated heterocycles. The lowest BCUT2D eigenvalue weighted by molar-refractivity contribution is 0.345. The minimum absolute atomic E-state index is 0. The molecule has 5 heteroatoms. The summed E-state index contributed by atoms with van der Waals surface area (Å²) in [6.07, 6.45) is 7.98. The van der Waals surface area contributed by atoms with Crippen LogP contribution in [-0.2, 0) is 5.41 Å². The number of fused-ring (bicyclic) bond motifs is 4. The second-order valence-corrected chi connectivity index (χ2v) is 8.81. The summed E-state index contributed by atoms with van der Waals surface area (Å²) in [5.74, 6) is 1.83. The lowest BCUT2D eigenvalue weighted by Gasteiger charge is -2.29. The summed E-state index contributed by atoms with van der Waals surface area (Å²) in [6.45, 7) is 3.38. The number of hydrogen-bond acceptors (Lipinski definition) is 4. The Labute approximate surface area is 185 Å². The molecule has 4 heterocycles. The highest BCUT2D eigenvalue weighted by Crippen LogP contribution is 2.50. The number of hydrogen-bond donors (Lipinski definition) is 0. The van der Waals surface area contributed by atoms with Crippen LogP contribution in [0.3, 0.4) is 0 Å². The minimum atomic E-state index is 0. The molecule has 0 aliphatic carbocycles. The summed E-state index contributed by atoms with van der Waals surface area (Å²) < 4.78 is 6.13. The Bertz CT molecular complexity index is 1100. The van der Waals surface area contributed by atoms with Gasteiger partial charge in [0.1, 0.15) is 11.5 Å². The first-order valence-electron chi connectivity index (χ1n) is 9.76. The van der Waals surface area contributed by atoms with E-state index in [1.807, 2.05) is 18.2 Å². The van der Waals surface area contributed by atoms with Crippen LogP contribution in [0.5, 0.6) is 11.5 Å². The van der Waals surface area contributed by atoms with Gasteiger partial charge in [-0.3, -0.25) is 9.88 Å². The van der Waals surface area contributed by atoms with Gasteiger partial charge in [-0.05, 0) is 42.8 Å². The van der Waals surface area contributed by atoms with Crippen molar-refractivity contribution < 1.29 is 4.74 Å². The predicted molar refractivity (Wildman–Crippen MR) is 123 cm³/mol. The third-order valence-corrected chi connectivity index (χ3v) is 7.24. The van der Waals surface area contributed by atoms with E-state index in [1.165, 1.54) is 18.5 Å². The number of ether oxygens (including phenoxy) is 1. The fourth-order valence-corrected chi connectivity index (χ4v) is 5.63. The van der Waals surface area contributed by atoms with Crippen LogP contribution in [0.15, 0.2) is 82.7 Å². The van der Waals surface area contributed by atoms with E-state index in [1.54, 1.807) is 11.8 Å². The smallest absolute Gasteiger partial charge is 0.142 e. The maximum atomic E-state index is 6.13. The fourth-order valence-electron chi connectivity index (χ4n) is 4.56. The van der Waals surface area contributed by atoms with Crippen molar-refractivity contribution in [2.75, 3.05) is 19.6 Å². The van der Waals surface area contributed by atoms with E-state index >= 15 is 0 Å². The summed E-state index contributed by atoms with van der Waals surface area (Å²) in [5, 5.41) is 0. The number of rotatable bonds is 2. The molecular weight excluding hydrogens is 444 g/mol. The van der Waals surface area contributed by atoms with Gasteiger partial charge >= 0.3 is 0 Å². The van der Waals surface area contributed by atoms with E-state index in [-0.39, 0.29) is 22.4 Å². The molecule has 1 fully saturated rings. The first-order valence-corrected chi connectivity index (χ1v) is 10.6. The summed E-state index contributed by atoms with van der Waals surface area (Å²) >= 11 is 1.76. The zero-order valence-corrected chi connectivity index (χ0v) is 18.4. The van der Waals surface area contributed by atoms with Crippen LogP contribution < -0.4 is 4.74 Å². The van der Waals surface area contributed by atoms with Gasteiger partial charge in [0.15, 0.2) is 0 Å².